The van der Waals surface area contributed by atoms with Crippen LogP contribution in [0, 0.1) is 0 Å². The maximum Gasteiger partial charge on any atom is 0.303 e. The van der Waals surface area contributed by atoms with Gasteiger partial charge in [-0.2, -0.15) is 0 Å². The Bertz CT molecular complexity index is 322. The number of hydrogen-bond acceptors (Lipinski definition) is 4. The second-order valence-electron chi connectivity index (χ2n) is 5.72. The molecule has 0 amide bonds. The minimum atomic E-state index is -0.589. The first-order chi connectivity index (χ1) is 9.44. The average molecular weight is 284 g/mol. The monoisotopic (exact) mass is 284 g/mol. The average Bonchev–Trinajstić information content (AvgIpc) is 2.72. The van der Waals surface area contributed by atoms with Gasteiger partial charge in [-0.15, -0.1) is 0 Å². The van der Waals surface area contributed by atoms with E-state index in [0.29, 0.717) is 13.0 Å². The van der Waals surface area contributed by atoms with Gasteiger partial charge in [0.1, 0.15) is 12.2 Å². The lowest BCUT2D eigenvalue weighted by Crippen LogP contribution is -2.33. The van der Waals surface area contributed by atoms with Crippen LogP contribution < -0.4 is 0 Å². The van der Waals surface area contributed by atoms with Crippen molar-refractivity contribution in [2.45, 2.75) is 77.8 Å². The molecule has 1 aliphatic rings. The number of ether oxygens (including phenoxy) is 3. The van der Waals surface area contributed by atoms with Crippen molar-refractivity contribution < 1.29 is 19.0 Å². The molecule has 0 spiro atoms. The van der Waals surface area contributed by atoms with E-state index in [1.165, 1.54) is 26.2 Å². The van der Waals surface area contributed by atoms with Crippen LogP contribution in [-0.4, -0.2) is 30.6 Å². The van der Waals surface area contributed by atoms with Gasteiger partial charge in [0.05, 0.1) is 6.61 Å². The molecule has 116 valence electrons. The number of hydrogen-bond donors (Lipinski definition) is 0. The molecule has 0 aromatic carbocycles. The largest absolute Gasteiger partial charge is 0.459 e. The lowest BCUT2D eigenvalue weighted by molar-refractivity contribution is -0.168. The van der Waals surface area contributed by atoms with Gasteiger partial charge in [0.25, 0.3) is 0 Å². The van der Waals surface area contributed by atoms with Crippen molar-refractivity contribution in [3.63, 3.8) is 0 Å². The van der Waals surface area contributed by atoms with Crippen molar-refractivity contribution >= 4 is 5.97 Å². The minimum Gasteiger partial charge on any atom is -0.459 e. The molecule has 4 nitrogen and oxygen atoms in total. The van der Waals surface area contributed by atoms with Crippen molar-refractivity contribution in [1.82, 2.24) is 0 Å². The predicted octanol–water partition coefficient (Wildman–Crippen LogP) is 3.60. The zero-order valence-electron chi connectivity index (χ0n) is 13.2. The van der Waals surface area contributed by atoms with Crippen molar-refractivity contribution in [3.8, 4) is 0 Å². The minimum absolute atomic E-state index is 0.186. The fraction of sp³-hybridized carbons (Fsp3) is 0.812. The summed E-state index contributed by atoms with van der Waals surface area (Å²) in [7, 11) is 0. The van der Waals surface area contributed by atoms with E-state index in [2.05, 4.69) is 19.1 Å². The number of allylic oxidation sites excluding steroid dienone is 1. The van der Waals surface area contributed by atoms with Crippen LogP contribution in [0.25, 0.3) is 0 Å². The van der Waals surface area contributed by atoms with E-state index < -0.39 is 5.79 Å². The molecule has 1 aliphatic heterocycles. The Morgan fingerprint density at radius 2 is 2.15 bits per heavy atom. The summed E-state index contributed by atoms with van der Waals surface area (Å²) in [5.74, 6) is -0.865. The van der Waals surface area contributed by atoms with Gasteiger partial charge in [-0.25, -0.2) is 0 Å². The van der Waals surface area contributed by atoms with Crippen molar-refractivity contribution in [2.24, 2.45) is 0 Å². The summed E-state index contributed by atoms with van der Waals surface area (Å²) in [6.45, 7) is 7.84. The summed E-state index contributed by atoms with van der Waals surface area (Å²) in [4.78, 5) is 11.2. The van der Waals surface area contributed by atoms with Crippen LogP contribution in [0.2, 0.25) is 0 Å². The lowest BCUT2D eigenvalue weighted by Gasteiger charge is -2.23. The van der Waals surface area contributed by atoms with Gasteiger partial charge >= 0.3 is 5.97 Å². The smallest absolute Gasteiger partial charge is 0.303 e. The summed E-state index contributed by atoms with van der Waals surface area (Å²) in [5.41, 5.74) is 0. The molecule has 0 N–H and O–H groups in total. The highest BCUT2D eigenvalue weighted by atomic mass is 16.7. The van der Waals surface area contributed by atoms with E-state index in [9.17, 15) is 4.79 Å². The third-order valence-corrected chi connectivity index (χ3v) is 3.27. The third kappa shape index (κ3) is 6.53. The molecule has 0 aromatic rings. The van der Waals surface area contributed by atoms with Gasteiger partial charge in [0.2, 0.25) is 0 Å². The van der Waals surface area contributed by atoms with E-state index in [-0.39, 0.29) is 18.2 Å². The first kappa shape index (κ1) is 17.2. The molecule has 0 saturated carbocycles. The number of rotatable bonds is 8. The van der Waals surface area contributed by atoms with E-state index in [4.69, 9.17) is 14.2 Å². The van der Waals surface area contributed by atoms with E-state index in [1.54, 1.807) is 0 Å². The molecule has 1 rings (SSSR count). The Kier molecular flexibility index (Phi) is 7.24. The van der Waals surface area contributed by atoms with E-state index >= 15 is 0 Å². The molecule has 0 unspecified atom stereocenters. The predicted molar refractivity (Wildman–Crippen MR) is 78.4 cm³/mol. The number of carbonyl (C=O) groups excluding carboxylic acids is 1. The van der Waals surface area contributed by atoms with Crippen LogP contribution in [0.15, 0.2) is 12.2 Å². The zero-order valence-corrected chi connectivity index (χ0v) is 13.2. The van der Waals surface area contributed by atoms with Crippen LogP contribution in [0.4, 0.5) is 0 Å². The Labute approximate surface area is 122 Å². The van der Waals surface area contributed by atoms with Crippen LogP contribution >= 0.6 is 0 Å². The highest BCUT2D eigenvalue weighted by Crippen LogP contribution is 2.26. The Morgan fingerprint density at radius 3 is 2.70 bits per heavy atom. The molecule has 1 fully saturated rings. The molecule has 1 saturated heterocycles. The summed E-state index contributed by atoms with van der Waals surface area (Å²) in [5, 5.41) is 0. The first-order valence-electron chi connectivity index (χ1n) is 7.58. The van der Waals surface area contributed by atoms with Crippen molar-refractivity contribution in [2.75, 3.05) is 6.61 Å². The standard InChI is InChI=1S/C16H28O4/c1-5-6-7-8-9-10-11-14(19-13(2)17)15-12-18-16(3,4)20-15/h9-10,14-15H,5-8,11-12H2,1-4H3/b10-9-/t14-,15-/m1/s1. The molecule has 0 aromatic heterocycles. The second kappa shape index (κ2) is 8.42. The highest BCUT2D eigenvalue weighted by Gasteiger charge is 2.38. The van der Waals surface area contributed by atoms with Crippen LogP contribution in [-0.2, 0) is 19.0 Å². The molecule has 0 bridgehead atoms. The van der Waals surface area contributed by atoms with Gasteiger partial charge in [0, 0.05) is 13.3 Å². The number of unbranched alkanes of at least 4 members (excludes halogenated alkanes) is 3. The van der Waals surface area contributed by atoms with Gasteiger partial charge in [0.15, 0.2) is 5.79 Å². The Balaban J connectivity index is 2.42. The maximum absolute atomic E-state index is 11.2. The van der Waals surface area contributed by atoms with Crippen molar-refractivity contribution in [3.05, 3.63) is 12.2 Å². The fourth-order valence-corrected chi connectivity index (χ4v) is 2.25. The molecule has 1 heterocycles. The summed E-state index contributed by atoms with van der Waals surface area (Å²) in [6.07, 6.45) is 9.24. The Morgan fingerprint density at radius 1 is 1.40 bits per heavy atom. The van der Waals surface area contributed by atoms with Crippen molar-refractivity contribution in [1.29, 1.82) is 0 Å². The second-order valence-corrected chi connectivity index (χ2v) is 5.72. The zero-order chi connectivity index (χ0) is 15.0. The van der Waals surface area contributed by atoms with E-state index in [0.717, 1.165) is 6.42 Å². The van der Waals surface area contributed by atoms with Crippen LogP contribution in [0.3, 0.4) is 0 Å². The van der Waals surface area contributed by atoms with Crippen LogP contribution in [0.5, 0.6) is 0 Å². The first-order valence-corrected chi connectivity index (χ1v) is 7.58. The normalized spacial score (nSPS) is 23.1. The molecule has 2 atom stereocenters. The van der Waals surface area contributed by atoms with Crippen LogP contribution in [0.1, 0.15) is 59.8 Å². The van der Waals surface area contributed by atoms with Gasteiger partial charge in [-0.05, 0) is 26.7 Å². The fourth-order valence-electron chi connectivity index (χ4n) is 2.25. The molecule has 0 aliphatic carbocycles. The summed E-state index contributed by atoms with van der Waals surface area (Å²) >= 11 is 0. The van der Waals surface area contributed by atoms with Gasteiger partial charge < -0.3 is 14.2 Å². The topological polar surface area (TPSA) is 44.8 Å². The summed E-state index contributed by atoms with van der Waals surface area (Å²) < 4.78 is 16.7. The third-order valence-electron chi connectivity index (χ3n) is 3.27. The Hall–Kier alpha value is -0.870. The van der Waals surface area contributed by atoms with E-state index in [1.807, 2.05) is 13.8 Å². The lowest BCUT2D eigenvalue weighted by atomic mass is 10.1. The molecular weight excluding hydrogens is 256 g/mol. The molecule has 0 radical (unpaired) electrons. The van der Waals surface area contributed by atoms with Gasteiger partial charge in [-0.1, -0.05) is 31.9 Å². The SMILES string of the molecule is CCCCC/C=C\C[C@@H](OC(C)=O)[C@H]1COC(C)(C)O1. The number of esters is 1. The molecule has 4 heteroatoms. The number of carbonyl (C=O) groups is 1. The molecule has 20 heavy (non-hydrogen) atoms. The highest BCUT2D eigenvalue weighted by molar-refractivity contribution is 5.66. The summed E-state index contributed by atoms with van der Waals surface area (Å²) in [6, 6.07) is 0. The van der Waals surface area contributed by atoms with Gasteiger partial charge in [-0.3, -0.25) is 4.79 Å². The molecular formula is C16H28O4. The quantitative estimate of drug-likeness (QED) is 0.388. The maximum atomic E-state index is 11.2.